The molecule has 0 fully saturated rings. The Morgan fingerprint density at radius 3 is 1.21 bits per heavy atom. The van der Waals surface area contributed by atoms with Crippen LogP contribution in [-0.4, -0.2) is 9.13 Å². The Balaban J connectivity index is 1.29. The Morgan fingerprint density at radius 1 is 0.423 bits per heavy atom. The summed E-state index contributed by atoms with van der Waals surface area (Å²) in [7, 11) is 0. The lowest BCUT2D eigenvalue weighted by molar-refractivity contribution is 0.577. The van der Waals surface area contributed by atoms with Crippen LogP contribution in [0.5, 0.6) is 0 Å². The van der Waals surface area contributed by atoms with Gasteiger partial charge < -0.3 is 9.13 Å². The van der Waals surface area contributed by atoms with Gasteiger partial charge in [-0.3, -0.25) is 0 Å². The summed E-state index contributed by atoms with van der Waals surface area (Å²) >= 11 is 0. The van der Waals surface area contributed by atoms with Crippen molar-refractivity contribution in [2.24, 2.45) is 0 Å². The fourth-order valence-electron chi connectivity index (χ4n) is 13.2. The van der Waals surface area contributed by atoms with E-state index in [1.165, 1.54) is 68.3 Å². The van der Waals surface area contributed by atoms with Crippen molar-refractivity contribution in [3.8, 4) is 50.6 Å². The Hall–Kier alpha value is -8.85. The van der Waals surface area contributed by atoms with E-state index < -0.39 is 11.6 Å². The number of hydrogen-bond acceptors (Lipinski definition) is 1. The minimum atomic E-state index is -0.741. The number of halogens is 2. The van der Waals surface area contributed by atoms with Crippen LogP contribution in [0.1, 0.15) is 72.3 Å². The van der Waals surface area contributed by atoms with E-state index in [1.54, 1.807) is 6.08 Å². The van der Waals surface area contributed by atoms with Gasteiger partial charge in [-0.2, -0.15) is 5.26 Å². The first kappa shape index (κ1) is 51.3. The summed E-state index contributed by atoms with van der Waals surface area (Å²) in [5, 5.41) is 14.6. The third-order valence-corrected chi connectivity index (χ3v) is 15.9. The molecule has 5 heteroatoms. The molecule has 3 nitrogen and oxygen atoms in total. The summed E-state index contributed by atoms with van der Waals surface area (Å²) in [6.45, 7) is 29.9. The van der Waals surface area contributed by atoms with Crippen molar-refractivity contribution in [3.63, 3.8) is 0 Å². The monoisotopic (exact) mass is 1020 g/mol. The van der Waals surface area contributed by atoms with Crippen molar-refractivity contribution in [3.05, 3.63) is 242 Å². The molecule has 0 aliphatic carbocycles. The number of nitrogens with zero attached hydrogens (tertiary/aromatic N) is 3. The normalized spacial score (nSPS) is 12.2. The van der Waals surface area contributed by atoms with Crippen LogP contribution in [-0.2, 0) is 0 Å². The number of nitriles is 1. The Morgan fingerprint density at radius 2 is 0.782 bits per heavy atom. The van der Waals surface area contributed by atoms with Crippen molar-refractivity contribution < 1.29 is 8.78 Å². The second-order valence-electron chi connectivity index (χ2n) is 22.0. The lowest BCUT2D eigenvalue weighted by Gasteiger charge is -2.20. The maximum absolute atomic E-state index is 17.3. The molecule has 0 radical (unpaired) electrons. The predicted octanol–water partition coefficient (Wildman–Crippen LogP) is 20.2. The summed E-state index contributed by atoms with van der Waals surface area (Å²) < 4.78 is 38.8. The molecule has 0 N–H and O–H groups in total. The molecule has 2 heterocycles. The molecule has 2 aromatic heterocycles. The largest absolute Gasteiger partial charge is 0.315 e. The Kier molecular flexibility index (Phi) is 12.9. The fourth-order valence-corrected chi connectivity index (χ4v) is 13.2. The molecule has 0 saturated carbocycles. The predicted molar refractivity (Wildman–Crippen MR) is 327 cm³/mol. The first-order valence-corrected chi connectivity index (χ1v) is 26.8. The standard InChI is InChI=1S/C73H63F2N3/c1-40-25-45(6)69(46(7)26-40)53-19-23-64-59(34-53)57-21-17-55(71-49(10)29-42(3)30-50(71)11)36-66(57)77(64)39-61(73-62(74)15-14-16-63(73)75)67(33-44(5)38-76)78-65-24-20-54(70-47(8)27-41(2)28-48(70)9)35-60(65)58-22-18-56(37-68(58)78)72-51(12)31-43(4)32-52(72)13/h14-37,39H,5H2,1-4,6-13H3/b61-39-,67-33+. The molecule has 9 aromatic carbocycles. The van der Waals surface area contributed by atoms with Gasteiger partial charge in [0.1, 0.15) is 11.6 Å². The zero-order chi connectivity index (χ0) is 55.2. The van der Waals surface area contributed by atoms with E-state index >= 15 is 8.78 Å². The van der Waals surface area contributed by atoms with E-state index in [1.807, 2.05) is 6.20 Å². The fraction of sp³-hybridized carbons (Fsp3) is 0.164. The molecule has 78 heavy (non-hydrogen) atoms. The third kappa shape index (κ3) is 8.76. The van der Waals surface area contributed by atoms with Crippen LogP contribution in [0.2, 0.25) is 0 Å². The van der Waals surface area contributed by atoms with Crippen molar-refractivity contribution in [2.75, 3.05) is 0 Å². The molecular weight excluding hydrogens is 957 g/mol. The highest BCUT2D eigenvalue weighted by Gasteiger charge is 2.26. The van der Waals surface area contributed by atoms with Crippen LogP contribution >= 0.6 is 0 Å². The summed E-state index contributed by atoms with van der Waals surface area (Å²) in [5.41, 5.74) is 26.6. The maximum atomic E-state index is 17.3. The van der Waals surface area contributed by atoms with Crippen LogP contribution in [0.3, 0.4) is 0 Å². The molecule has 11 rings (SSSR count). The Bertz CT molecular complexity index is 4390. The number of aromatic nitrogens is 2. The molecule has 0 atom stereocenters. The number of fused-ring (bicyclic) bond motifs is 6. The van der Waals surface area contributed by atoms with Crippen LogP contribution < -0.4 is 0 Å². The second kappa shape index (κ2) is 19.6. The van der Waals surface area contributed by atoms with Crippen LogP contribution in [0.25, 0.3) is 106 Å². The van der Waals surface area contributed by atoms with Crippen molar-refractivity contribution >= 4 is 61.1 Å². The van der Waals surface area contributed by atoms with Crippen molar-refractivity contribution in [2.45, 2.75) is 83.1 Å². The molecule has 0 saturated heterocycles. The van der Waals surface area contributed by atoms with E-state index in [0.717, 1.165) is 105 Å². The van der Waals surface area contributed by atoms with Gasteiger partial charge in [0.15, 0.2) is 0 Å². The summed E-state index contributed by atoms with van der Waals surface area (Å²) in [6.07, 6.45) is 3.57. The zero-order valence-electron chi connectivity index (χ0n) is 46.7. The van der Waals surface area contributed by atoms with Crippen LogP contribution in [0.15, 0.2) is 158 Å². The highest BCUT2D eigenvalue weighted by Crippen LogP contribution is 2.45. The Labute approximate surface area is 457 Å². The SMILES string of the molecule is C=C(C#N)/C=C(\C(=C\n1c2ccc(-c3c(C)cc(C)cc3C)cc2c2ccc(-c3c(C)cc(C)cc3C)cc21)c1c(F)cccc1F)n1c2ccc(-c3c(C)cc(C)cc3C)cc2c2ccc(-c3c(C)cc(C)cc3C)cc21. The van der Waals surface area contributed by atoms with E-state index in [-0.39, 0.29) is 16.7 Å². The van der Waals surface area contributed by atoms with E-state index in [2.05, 4.69) is 226 Å². The molecule has 0 unspecified atom stereocenters. The number of benzene rings is 9. The van der Waals surface area contributed by atoms with E-state index in [4.69, 9.17) is 0 Å². The smallest absolute Gasteiger partial charge is 0.134 e. The molecule has 0 bridgehead atoms. The highest BCUT2D eigenvalue weighted by atomic mass is 19.1. The first-order valence-electron chi connectivity index (χ1n) is 26.8. The summed E-state index contributed by atoms with van der Waals surface area (Å²) in [4.78, 5) is 0. The molecule has 0 amide bonds. The van der Waals surface area contributed by atoms with Gasteiger partial charge in [-0.1, -0.05) is 120 Å². The van der Waals surface area contributed by atoms with E-state index in [0.29, 0.717) is 5.70 Å². The minimum Gasteiger partial charge on any atom is -0.315 e. The lowest BCUT2D eigenvalue weighted by atomic mass is 9.92. The molecular formula is C73H63F2N3. The number of allylic oxidation sites excluding steroid dienone is 4. The van der Waals surface area contributed by atoms with Gasteiger partial charge in [-0.25, -0.2) is 8.78 Å². The molecule has 0 aliphatic heterocycles. The average Bonchev–Trinajstić information content (AvgIpc) is 3.91. The van der Waals surface area contributed by atoms with Gasteiger partial charge >= 0.3 is 0 Å². The zero-order valence-corrected chi connectivity index (χ0v) is 46.7. The molecule has 11 aromatic rings. The average molecular weight is 1020 g/mol. The first-order chi connectivity index (χ1) is 37.3. The molecule has 0 aliphatic rings. The van der Waals surface area contributed by atoms with Gasteiger partial charge in [-0.15, -0.1) is 0 Å². The third-order valence-electron chi connectivity index (χ3n) is 15.9. The molecule has 384 valence electrons. The number of aryl methyl sites for hydroxylation is 12. The van der Waals surface area contributed by atoms with Gasteiger partial charge in [0, 0.05) is 38.9 Å². The summed E-state index contributed by atoms with van der Waals surface area (Å²) in [6, 6.07) is 50.2. The molecule has 0 spiro atoms. The van der Waals surface area contributed by atoms with Crippen LogP contribution in [0, 0.1) is 106 Å². The van der Waals surface area contributed by atoms with Crippen molar-refractivity contribution in [1.82, 2.24) is 9.13 Å². The quantitative estimate of drug-likeness (QED) is 0.105. The van der Waals surface area contributed by atoms with Gasteiger partial charge in [0.2, 0.25) is 0 Å². The number of hydrogen-bond donors (Lipinski definition) is 0. The lowest BCUT2D eigenvalue weighted by Crippen LogP contribution is -2.06. The second-order valence-corrected chi connectivity index (χ2v) is 22.0. The van der Waals surface area contributed by atoms with Gasteiger partial charge in [0.25, 0.3) is 0 Å². The highest BCUT2D eigenvalue weighted by molar-refractivity contribution is 6.19. The topological polar surface area (TPSA) is 33.6 Å². The van der Waals surface area contributed by atoms with Crippen molar-refractivity contribution in [1.29, 1.82) is 5.26 Å². The minimum absolute atomic E-state index is 0.120. The maximum Gasteiger partial charge on any atom is 0.134 e. The van der Waals surface area contributed by atoms with Gasteiger partial charge in [0.05, 0.1) is 39.4 Å². The number of rotatable bonds is 9. The summed E-state index contributed by atoms with van der Waals surface area (Å²) in [5.74, 6) is -1.48. The van der Waals surface area contributed by atoms with Gasteiger partial charge in [-0.05, 0) is 227 Å². The van der Waals surface area contributed by atoms with Crippen LogP contribution in [0.4, 0.5) is 8.78 Å². The van der Waals surface area contributed by atoms with E-state index in [9.17, 15) is 5.26 Å².